The third kappa shape index (κ3) is 5.98. The Bertz CT molecular complexity index is 715. The maximum absolute atomic E-state index is 12.1. The van der Waals surface area contributed by atoms with E-state index in [-0.39, 0.29) is 6.03 Å². The lowest BCUT2D eigenvalue weighted by Gasteiger charge is -2.34. The Morgan fingerprint density at radius 2 is 1.63 bits per heavy atom. The number of methoxy groups -OCH3 is 1. The fourth-order valence-electron chi connectivity index (χ4n) is 3.25. The molecule has 0 atom stereocenters. The van der Waals surface area contributed by atoms with E-state index < -0.39 is 0 Å². The molecular weight excluding hydrogens is 340 g/mol. The number of amides is 2. The number of nitrogens with zero attached hydrogens (tertiary/aromatic N) is 2. The molecule has 0 unspecified atom stereocenters. The minimum Gasteiger partial charge on any atom is -0.495 e. The highest BCUT2D eigenvalue weighted by Crippen LogP contribution is 2.22. The Morgan fingerprint density at radius 1 is 0.963 bits per heavy atom. The molecule has 1 aliphatic heterocycles. The minimum absolute atomic E-state index is 0.206. The summed E-state index contributed by atoms with van der Waals surface area (Å²) in [6.07, 6.45) is 0. The molecule has 0 radical (unpaired) electrons. The van der Waals surface area contributed by atoms with Gasteiger partial charge >= 0.3 is 6.03 Å². The smallest absolute Gasteiger partial charge is 0.319 e. The van der Waals surface area contributed by atoms with Crippen LogP contribution in [0.5, 0.6) is 5.75 Å². The Balaban J connectivity index is 1.33. The highest BCUT2D eigenvalue weighted by Gasteiger charge is 2.16. The molecule has 1 heterocycles. The van der Waals surface area contributed by atoms with Crippen LogP contribution in [0.3, 0.4) is 0 Å². The highest BCUT2D eigenvalue weighted by molar-refractivity contribution is 5.90. The summed E-state index contributed by atoms with van der Waals surface area (Å²) in [5, 5.41) is 5.75. The molecule has 0 aliphatic carbocycles. The van der Waals surface area contributed by atoms with Crippen LogP contribution in [0, 0.1) is 0 Å². The normalized spacial score (nSPS) is 15.3. The summed E-state index contributed by atoms with van der Waals surface area (Å²) in [5.41, 5.74) is 2.03. The van der Waals surface area contributed by atoms with Gasteiger partial charge in [0.2, 0.25) is 0 Å². The van der Waals surface area contributed by atoms with Crippen molar-refractivity contribution in [3.8, 4) is 5.75 Å². The van der Waals surface area contributed by atoms with Crippen molar-refractivity contribution in [3.05, 3.63) is 60.2 Å². The second kappa shape index (κ2) is 9.94. The number of anilines is 1. The predicted molar refractivity (Wildman–Crippen MR) is 108 cm³/mol. The Morgan fingerprint density at radius 3 is 2.37 bits per heavy atom. The zero-order valence-corrected chi connectivity index (χ0v) is 15.9. The highest BCUT2D eigenvalue weighted by atomic mass is 16.5. The van der Waals surface area contributed by atoms with Crippen molar-refractivity contribution in [3.63, 3.8) is 0 Å². The number of hydrogen-bond donors (Lipinski definition) is 2. The number of benzene rings is 2. The zero-order valence-electron chi connectivity index (χ0n) is 15.9. The number of piperazine rings is 1. The molecule has 0 bridgehead atoms. The fourth-order valence-corrected chi connectivity index (χ4v) is 3.25. The summed E-state index contributed by atoms with van der Waals surface area (Å²) in [5.74, 6) is 0.655. The Hall–Kier alpha value is -2.57. The monoisotopic (exact) mass is 368 g/mol. The molecule has 0 saturated carbocycles. The summed E-state index contributed by atoms with van der Waals surface area (Å²) in [6, 6.07) is 17.8. The second-order valence-corrected chi connectivity index (χ2v) is 6.68. The van der Waals surface area contributed by atoms with Crippen molar-refractivity contribution in [2.45, 2.75) is 6.54 Å². The molecule has 2 aromatic rings. The number of carbonyl (C=O) groups excluding carboxylic acids is 1. The lowest BCUT2D eigenvalue weighted by molar-refractivity contribution is 0.128. The molecule has 1 aliphatic rings. The third-order valence-corrected chi connectivity index (χ3v) is 4.78. The van der Waals surface area contributed by atoms with Crippen molar-refractivity contribution >= 4 is 11.7 Å². The van der Waals surface area contributed by atoms with E-state index in [1.165, 1.54) is 5.56 Å². The molecule has 27 heavy (non-hydrogen) atoms. The summed E-state index contributed by atoms with van der Waals surface area (Å²) >= 11 is 0. The molecule has 2 amide bonds. The molecule has 2 aromatic carbocycles. The van der Waals surface area contributed by atoms with Crippen LogP contribution in [0.15, 0.2) is 54.6 Å². The van der Waals surface area contributed by atoms with Crippen LogP contribution in [-0.2, 0) is 6.54 Å². The van der Waals surface area contributed by atoms with Gasteiger partial charge in [0.25, 0.3) is 0 Å². The van der Waals surface area contributed by atoms with Gasteiger partial charge in [0.15, 0.2) is 0 Å². The average molecular weight is 368 g/mol. The number of urea groups is 1. The van der Waals surface area contributed by atoms with Gasteiger partial charge in [-0.2, -0.15) is 0 Å². The molecule has 144 valence electrons. The van der Waals surface area contributed by atoms with E-state index in [0.717, 1.165) is 39.3 Å². The molecule has 0 aromatic heterocycles. The molecule has 3 rings (SSSR count). The van der Waals surface area contributed by atoms with Gasteiger partial charge in [-0.1, -0.05) is 42.5 Å². The average Bonchev–Trinajstić information content (AvgIpc) is 2.70. The van der Waals surface area contributed by atoms with Gasteiger partial charge in [0, 0.05) is 45.8 Å². The standard InChI is InChI=1S/C21H28N4O2/c1-27-20-10-6-5-9-19(20)23-21(26)22-11-12-24-13-15-25(16-14-24)17-18-7-3-2-4-8-18/h2-10H,11-17H2,1H3,(H2,22,23,26). The van der Waals surface area contributed by atoms with Gasteiger partial charge in [0.05, 0.1) is 12.8 Å². The van der Waals surface area contributed by atoms with Crippen molar-refractivity contribution in [2.24, 2.45) is 0 Å². The van der Waals surface area contributed by atoms with Crippen molar-refractivity contribution in [1.29, 1.82) is 0 Å². The first kappa shape index (κ1) is 19.2. The summed E-state index contributed by atoms with van der Waals surface area (Å²) in [6.45, 7) is 6.67. The van der Waals surface area contributed by atoms with Gasteiger partial charge in [-0.15, -0.1) is 0 Å². The number of para-hydroxylation sites is 2. The zero-order chi connectivity index (χ0) is 18.9. The van der Waals surface area contributed by atoms with Crippen LogP contribution in [0.25, 0.3) is 0 Å². The third-order valence-electron chi connectivity index (χ3n) is 4.78. The van der Waals surface area contributed by atoms with Crippen LogP contribution < -0.4 is 15.4 Å². The van der Waals surface area contributed by atoms with Crippen molar-refractivity contribution in [1.82, 2.24) is 15.1 Å². The molecule has 6 heteroatoms. The molecule has 1 fully saturated rings. The van der Waals surface area contributed by atoms with Gasteiger partial charge in [-0.3, -0.25) is 9.80 Å². The second-order valence-electron chi connectivity index (χ2n) is 6.68. The summed E-state index contributed by atoms with van der Waals surface area (Å²) in [4.78, 5) is 16.9. The SMILES string of the molecule is COc1ccccc1NC(=O)NCCN1CCN(Cc2ccccc2)CC1. The lowest BCUT2D eigenvalue weighted by Crippen LogP contribution is -2.48. The maximum Gasteiger partial charge on any atom is 0.319 e. The first-order valence-corrected chi connectivity index (χ1v) is 9.41. The Labute approximate surface area is 161 Å². The molecule has 1 saturated heterocycles. The fraction of sp³-hybridized carbons (Fsp3) is 0.381. The van der Waals surface area contributed by atoms with E-state index in [0.29, 0.717) is 18.0 Å². The van der Waals surface area contributed by atoms with Crippen LogP contribution in [0.4, 0.5) is 10.5 Å². The molecule has 0 spiro atoms. The van der Waals surface area contributed by atoms with Crippen LogP contribution in [0.1, 0.15) is 5.56 Å². The number of nitrogens with one attached hydrogen (secondary N) is 2. The number of rotatable bonds is 7. The van der Waals surface area contributed by atoms with Gasteiger partial charge in [0.1, 0.15) is 5.75 Å². The van der Waals surface area contributed by atoms with Gasteiger partial charge < -0.3 is 15.4 Å². The topological polar surface area (TPSA) is 56.8 Å². The summed E-state index contributed by atoms with van der Waals surface area (Å²) < 4.78 is 5.24. The van der Waals surface area contributed by atoms with Gasteiger partial charge in [-0.05, 0) is 17.7 Å². The van der Waals surface area contributed by atoms with E-state index in [2.05, 4.69) is 50.8 Å². The molecular formula is C21H28N4O2. The predicted octanol–water partition coefficient (Wildman–Crippen LogP) is 2.63. The number of ether oxygens (including phenoxy) is 1. The quantitative estimate of drug-likeness (QED) is 0.789. The van der Waals surface area contributed by atoms with E-state index in [4.69, 9.17) is 4.74 Å². The first-order chi connectivity index (χ1) is 13.2. The van der Waals surface area contributed by atoms with E-state index in [1.54, 1.807) is 7.11 Å². The van der Waals surface area contributed by atoms with E-state index in [9.17, 15) is 4.79 Å². The van der Waals surface area contributed by atoms with Crippen LogP contribution in [-0.4, -0.2) is 62.2 Å². The molecule has 6 nitrogen and oxygen atoms in total. The first-order valence-electron chi connectivity index (χ1n) is 9.41. The Kier molecular flexibility index (Phi) is 7.07. The minimum atomic E-state index is -0.206. The maximum atomic E-state index is 12.1. The van der Waals surface area contributed by atoms with E-state index in [1.807, 2.05) is 24.3 Å². The lowest BCUT2D eigenvalue weighted by atomic mass is 10.2. The largest absolute Gasteiger partial charge is 0.495 e. The van der Waals surface area contributed by atoms with E-state index >= 15 is 0 Å². The van der Waals surface area contributed by atoms with Crippen molar-refractivity contribution in [2.75, 3.05) is 51.7 Å². The number of hydrogen-bond acceptors (Lipinski definition) is 4. The van der Waals surface area contributed by atoms with Crippen LogP contribution in [0.2, 0.25) is 0 Å². The number of carbonyl (C=O) groups is 1. The summed E-state index contributed by atoms with van der Waals surface area (Å²) in [7, 11) is 1.59. The molecule has 2 N–H and O–H groups in total. The van der Waals surface area contributed by atoms with Crippen molar-refractivity contribution < 1.29 is 9.53 Å². The van der Waals surface area contributed by atoms with Crippen LogP contribution >= 0.6 is 0 Å². The van der Waals surface area contributed by atoms with Gasteiger partial charge in [-0.25, -0.2) is 4.79 Å².